The van der Waals surface area contributed by atoms with Gasteiger partial charge in [-0.25, -0.2) is 0 Å². The molecule has 0 fully saturated rings. The number of rotatable bonds is 5. The standard InChI is InChI=1S/C17H18ClNOS/c18-16-6-2-1-4-15(16)14(5-3-8-20)13-10-12-7-9-21-17(12)19-11-13/h1-2,4,6-7,9-10,14,19-20H,3,5,8,11H2. The van der Waals surface area contributed by atoms with Gasteiger partial charge in [-0.2, -0.15) is 0 Å². The molecule has 1 aliphatic heterocycles. The van der Waals surface area contributed by atoms with Crippen LogP contribution >= 0.6 is 22.9 Å². The number of halogens is 1. The van der Waals surface area contributed by atoms with Crippen molar-refractivity contribution in [2.45, 2.75) is 18.8 Å². The number of thiophene rings is 1. The molecule has 1 aromatic carbocycles. The number of nitrogens with one attached hydrogen (secondary N) is 1. The van der Waals surface area contributed by atoms with Crippen molar-refractivity contribution in [3.05, 3.63) is 57.4 Å². The molecule has 1 atom stereocenters. The van der Waals surface area contributed by atoms with E-state index < -0.39 is 0 Å². The van der Waals surface area contributed by atoms with Crippen LogP contribution in [0.3, 0.4) is 0 Å². The van der Waals surface area contributed by atoms with Crippen molar-refractivity contribution in [1.29, 1.82) is 0 Å². The smallest absolute Gasteiger partial charge is 0.0958 e. The van der Waals surface area contributed by atoms with Crippen molar-refractivity contribution < 1.29 is 5.11 Å². The van der Waals surface area contributed by atoms with Gasteiger partial charge in [-0.3, -0.25) is 0 Å². The Bertz CT molecular complexity index is 650. The quantitative estimate of drug-likeness (QED) is 0.832. The maximum absolute atomic E-state index is 9.19. The normalized spacial score (nSPS) is 15.0. The minimum Gasteiger partial charge on any atom is -0.396 e. The first-order chi connectivity index (χ1) is 10.3. The molecule has 0 amide bonds. The van der Waals surface area contributed by atoms with Crippen LogP contribution in [-0.4, -0.2) is 18.3 Å². The summed E-state index contributed by atoms with van der Waals surface area (Å²) < 4.78 is 0. The molecule has 0 bridgehead atoms. The van der Waals surface area contributed by atoms with Gasteiger partial charge >= 0.3 is 0 Å². The Labute approximate surface area is 134 Å². The van der Waals surface area contributed by atoms with Gasteiger partial charge in [0, 0.05) is 29.7 Å². The lowest BCUT2D eigenvalue weighted by Crippen LogP contribution is -2.16. The molecule has 21 heavy (non-hydrogen) atoms. The maximum Gasteiger partial charge on any atom is 0.0958 e. The first-order valence-electron chi connectivity index (χ1n) is 7.16. The highest BCUT2D eigenvalue weighted by molar-refractivity contribution is 7.14. The zero-order chi connectivity index (χ0) is 14.7. The Kier molecular flexibility index (Phi) is 4.63. The third-order valence-corrected chi connectivity index (χ3v) is 5.10. The molecule has 2 nitrogen and oxygen atoms in total. The van der Waals surface area contributed by atoms with Crippen LogP contribution in [0.25, 0.3) is 6.08 Å². The molecule has 0 aliphatic carbocycles. The number of hydrogen-bond donors (Lipinski definition) is 2. The van der Waals surface area contributed by atoms with E-state index in [0.717, 1.165) is 30.0 Å². The van der Waals surface area contributed by atoms with Crippen LogP contribution in [-0.2, 0) is 0 Å². The second-order valence-electron chi connectivity index (χ2n) is 5.22. The second-order valence-corrected chi connectivity index (χ2v) is 6.54. The van der Waals surface area contributed by atoms with Crippen LogP contribution in [0.1, 0.15) is 29.9 Å². The van der Waals surface area contributed by atoms with E-state index in [4.69, 9.17) is 11.6 Å². The summed E-state index contributed by atoms with van der Waals surface area (Å²) in [5, 5.41) is 16.8. The molecule has 1 aliphatic rings. The van der Waals surface area contributed by atoms with E-state index in [2.05, 4.69) is 28.9 Å². The topological polar surface area (TPSA) is 32.3 Å². The van der Waals surface area contributed by atoms with Crippen molar-refractivity contribution in [2.75, 3.05) is 18.5 Å². The van der Waals surface area contributed by atoms with E-state index in [1.54, 1.807) is 11.3 Å². The van der Waals surface area contributed by atoms with Gasteiger partial charge in [-0.1, -0.05) is 35.9 Å². The van der Waals surface area contributed by atoms with Gasteiger partial charge in [0.25, 0.3) is 0 Å². The highest BCUT2D eigenvalue weighted by atomic mass is 35.5. The molecule has 0 spiro atoms. The SMILES string of the molecule is OCCCC(C1=Cc2ccsc2NC1)c1ccccc1Cl. The summed E-state index contributed by atoms with van der Waals surface area (Å²) in [4.78, 5) is 0. The van der Waals surface area contributed by atoms with Crippen LogP contribution < -0.4 is 5.32 Å². The van der Waals surface area contributed by atoms with Crippen molar-refractivity contribution in [3.63, 3.8) is 0 Å². The fourth-order valence-electron chi connectivity index (χ4n) is 2.83. The van der Waals surface area contributed by atoms with Gasteiger partial charge in [0.05, 0.1) is 5.00 Å². The molecule has 2 heterocycles. The third-order valence-electron chi connectivity index (χ3n) is 3.87. The van der Waals surface area contributed by atoms with Gasteiger partial charge in [0.2, 0.25) is 0 Å². The van der Waals surface area contributed by atoms with Gasteiger partial charge < -0.3 is 10.4 Å². The van der Waals surface area contributed by atoms with E-state index in [1.807, 2.05) is 18.2 Å². The number of hydrogen-bond acceptors (Lipinski definition) is 3. The molecule has 2 aromatic rings. The molecule has 0 saturated carbocycles. The first-order valence-corrected chi connectivity index (χ1v) is 8.42. The molecular formula is C17H18ClNOS. The average Bonchev–Trinajstić information content (AvgIpc) is 2.97. The molecule has 110 valence electrons. The van der Waals surface area contributed by atoms with Crippen LogP contribution in [0.4, 0.5) is 5.00 Å². The van der Waals surface area contributed by atoms with Gasteiger partial charge in [0.1, 0.15) is 0 Å². The molecule has 4 heteroatoms. The van der Waals surface area contributed by atoms with E-state index in [9.17, 15) is 5.11 Å². The summed E-state index contributed by atoms with van der Waals surface area (Å²) in [5.41, 5.74) is 3.74. The molecule has 1 aromatic heterocycles. The molecule has 1 unspecified atom stereocenters. The fourth-order valence-corrected chi connectivity index (χ4v) is 3.86. The Morgan fingerprint density at radius 2 is 2.14 bits per heavy atom. The predicted molar refractivity (Wildman–Crippen MR) is 91.3 cm³/mol. The molecule has 2 N–H and O–H groups in total. The largest absolute Gasteiger partial charge is 0.396 e. The number of benzene rings is 1. The lowest BCUT2D eigenvalue weighted by Gasteiger charge is -2.25. The summed E-state index contributed by atoms with van der Waals surface area (Å²) in [6.45, 7) is 1.06. The van der Waals surface area contributed by atoms with Crippen LogP contribution in [0.2, 0.25) is 5.02 Å². The van der Waals surface area contributed by atoms with E-state index >= 15 is 0 Å². The van der Waals surface area contributed by atoms with Crippen molar-refractivity contribution in [2.24, 2.45) is 0 Å². The van der Waals surface area contributed by atoms with Gasteiger partial charge in [-0.05, 0) is 41.5 Å². The summed E-state index contributed by atoms with van der Waals surface area (Å²) in [6.07, 6.45) is 3.96. The molecule has 0 saturated heterocycles. The van der Waals surface area contributed by atoms with Crippen LogP contribution in [0.15, 0.2) is 41.3 Å². The van der Waals surface area contributed by atoms with Gasteiger partial charge in [-0.15, -0.1) is 11.3 Å². The van der Waals surface area contributed by atoms with E-state index in [0.29, 0.717) is 0 Å². The number of fused-ring (bicyclic) bond motifs is 1. The van der Waals surface area contributed by atoms with Gasteiger partial charge in [0.15, 0.2) is 0 Å². The van der Waals surface area contributed by atoms with Crippen molar-refractivity contribution in [3.8, 4) is 0 Å². The molecule has 3 rings (SSSR count). The predicted octanol–water partition coefficient (Wildman–Crippen LogP) is 4.77. The van der Waals surface area contributed by atoms with Crippen LogP contribution in [0, 0.1) is 0 Å². The molecule has 0 radical (unpaired) electrons. The zero-order valence-corrected chi connectivity index (χ0v) is 13.3. The average molecular weight is 320 g/mol. The highest BCUT2D eigenvalue weighted by Gasteiger charge is 2.22. The Morgan fingerprint density at radius 1 is 1.29 bits per heavy atom. The molecular weight excluding hydrogens is 302 g/mol. The maximum atomic E-state index is 9.19. The number of anilines is 1. The number of aliphatic hydroxyl groups is 1. The first kappa shape index (κ1) is 14.6. The summed E-state index contributed by atoms with van der Waals surface area (Å²) in [5.74, 6) is 0.256. The second kappa shape index (κ2) is 6.65. The fraction of sp³-hybridized carbons (Fsp3) is 0.294. The number of aliphatic hydroxyl groups excluding tert-OH is 1. The summed E-state index contributed by atoms with van der Waals surface area (Å²) >= 11 is 8.12. The Hall–Kier alpha value is -1.29. The summed E-state index contributed by atoms with van der Waals surface area (Å²) in [6, 6.07) is 10.2. The lowest BCUT2D eigenvalue weighted by molar-refractivity contribution is 0.281. The Balaban J connectivity index is 1.95. The minimum absolute atomic E-state index is 0.214. The Morgan fingerprint density at radius 3 is 2.95 bits per heavy atom. The lowest BCUT2D eigenvalue weighted by atomic mass is 9.85. The summed E-state index contributed by atoms with van der Waals surface area (Å²) in [7, 11) is 0. The van der Waals surface area contributed by atoms with Crippen LogP contribution in [0.5, 0.6) is 0 Å². The van der Waals surface area contributed by atoms with E-state index in [-0.39, 0.29) is 12.5 Å². The van der Waals surface area contributed by atoms with Crippen molar-refractivity contribution >= 4 is 34.0 Å². The zero-order valence-electron chi connectivity index (χ0n) is 11.7. The van der Waals surface area contributed by atoms with E-state index in [1.165, 1.54) is 16.1 Å². The minimum atomic E-state index is 0.214. The van der Waals surface area contributed by atoms with Crippen molar-refractivity contribution in [1.82, 2.24) is 0 Å². The third kappa shape index (κ3) is 3.15. The monoisotopic (exact) mass is 319 g/mol. The highest BCUT2D eigenvalue weighted by Crippen LogP contribution is 2.38.